The molecule has 0 bridgehead atoms. The molecule has 308 valence electrons. The van der Waals surface area contributed by atoms with Gasteiger partial charge in [-0.05, 0) is 32.1 Å². The quantitative estimate of drug-likeness (QED) is 0.0329. The topological polar surface area (TPSA) is 95.9 Å². The van der Waals surface area contributed by atoms with Crippen molar-refractivity contribution in [3.8, 4) is 0 Å². The molecule has 2 atom stereocenters. The van der Waals surface area contributed by atoms with E-state index in [0.29, 0.717) is 19.4 Å². The number of aliphatic hydroxyl groups excluding tert-OH is 2. The third kappa shape index (κ3) is 38.3. The lowest BCUT2D eigenvalue weighted by atomic mass is 10.0. The average molecular weight is 736 g/mol. The molecule has 3 N–H and O–H groups in total. The second-order valence-corrected chi connectivity index (χ2v) is 15.7. The zero-order valence-electron chi connectivity index (χ0n) is 34.8. The minimum Gasteiger partial charge on any atom is -0.466 e. The maximum Gasteiger partial charge on any atom is 0.305 e. The number of hydrogen-bond donors (Lipinski definition) is 3. The molecule has 0 aromatic rings. The molecule has 0 aliphatic carbocycles. The Hall–Kier alpha value is -1.40. The molecule has 0 saturated carbocycles. The van der Waals surface area contributed by atoms with Crippen LogP contribution in [0.4, 0.5) is 0 Å². The number of nitrogens with one attached hydrogen (secondary N) is 1. The third-order valence-electron chi connectivity index (χ3n) is 10.6. The van der Waals surface area contributed by atoms with Crippen molar-refractivity contribution < 1.29 is 24.5 Å². The highest BCUT2D eigenvalue weighted by molar-refractivity contribution is 5.76. The number of esters is 1. The Bertz CT molecular complexity index is 772. The van der Waals surface area contributed by atoms with Crippen molar-refractivity contribution in [2.75, 3.05) is 13.2 Å². The largest absolute Gasteiger partial charge is 0.466 e. The van der Waals surface area contributed by atoms with Crippen molar-refractivity contribution in [2.24, 2.45) is 0 Å². The molecule has 2 unspecified atom stereocenters. The Morgan fingerprint density at radius 1 is 0.519 bits per heavy atom. The standard InChI is InChI=1S/C46H89NO5/c1-3-5-7-9-11-13-15-16-17-19-22-26-30-34-38-44(49)43(42-48)47-45(50)39-35-31-27-23-20-21-25-29-33-37-41-52-46(51)40-36-32-28-24-18-14-12-10-8-6-4-2/h34,38,43-44,48-49H,3-33,35-37,39-42H2,1-2H3,(H,47,50)/b38-34+. The molecule has 6 heteroatoms. The summed E-state index contributed by atoms with van der Waals surface area (Å²) in [4.78, 5) is 24.3. The molecule has 0 spiro atoms. The minimum atomic E-state index is -0.856. The SMILES string of the molecule is CCCCCCCCCCCCCC/C=C/C(O)C(CO)NC(=O)CCCCCCCCCCCCOC(=O)CCCCCCCCCCCCC. The van der Waals surface area contributed by atoms with Gasteiger partial charge in [-0.2, -0.15) is 0 Å². The fourth-order valence-electron chi connectivity index (χ4n) is 6.98. The predicted octanol–water partition coefficient (Wildman–Crippen LogP) is 13.0. The molecule has 0 heterocycles. The summed E-state index contributed by atoms with van der Waals surface area (Å²) in [5.74, 6) is -0.112. The number of aliphatic hydroxyl groups is 2. The van der Waals surface area contributed by atoms with Gasteiger partial charge in [-0.3, -0.25) is 9.59 Å². The molecular weight excluding hydrogens is 647 g/mol. The van der Waals surface area contributed by atoms with Crippen LogP contribution < -0.4 is 5.32 Å². The molecule has 0 rings (SSSR count). The summed E-state index contributed by atoms with van der Waals surface area (Å²) < 4.78 is 5.43. The van der Waals surface area contributed by atoms with Crippen LogP contribution in [0.2, 0.25) is 0 Å². The highest BCUT2D eigenvalue weighted by Gasteiger charge is 2.18. The average Bonchev–Trinajstić information content (AvgIpc) is 3.14. The number of carbonyl (C=O) groups is 2. The van der Waals surface area contributed by atoms with Gasteiger partial charge >= 0.3 is 5.97 Å². The van der Waals surface area contributed by atoms with Crippen LogP contribution in [-0.4, -0.2) is 47.4 Å². The fourth-order valence-corrected chi connectivity index (χ4v) is 6.98. The van der Waals surface area contributed by atoms with Crippen LogP contribution in [0.1, 0.15) is 245 Å². The van der Waals surface area contributed by atoms with Crippen LogP contribution in [0, 0.1) is 0 Å². The van der Waals surface area contributed by atoms with E-state index >= 15 is 0 Å². The second kappa shape index (κ2) is 42.3. The lowest BCUT2D eigenvalue weighted by Gasteiger charge is -2.20. The number of unbranched alkanes of at least 4 members (excludes halogenated alkanes) is 31. The van der Waals surface area contributed by atoms with E-state index in [1.165, 1.54) is 161 Å². The number of amides is 1. The van der Waals surface area contributed by atoms with Crippen molar-refractivity contribution in [2.45, 2.75) is 257 Å². The van der Waals surface area contributed by atoms with Gasteiger partial charge in [0, 0.05) is 12.8 Å². The van der Waals surface area contributed by atoms with Gasteiger partial charge in [-0.1, -0.05) is 212 Å². The van der Waals surface area contributed by atoms with Crippen molar-refractivity contribution in [3.05, 3.63) is 12.2 Å². The Morgan fingerprint density at radius 2 is 0.885 bits per heavy atom. The van der Waals surface area contributed by atoms with Gasteiger partial charge in [0.1, 0.15) is 0 Å². The van der Waals surface area contributed by atoms with Crippen molar-refractivity contribution in [1.82, 2.24) is 5.32 Å². The number of allylic oxidation sites excluding steroid dienone is 1. The van der Waals surface area contributed by atoms with Gasteiger partial charge in [0.25, 0.3) is 0 Å². The van der Waals surface area contributed by atoms with Gasteiger partial charge in [0.2, 0.25) is 5.91 Å². The number of carbonyl (C=O) groups excluding carboxylic acids is 2. The number of ether oxygens (including phenoxy) is 1. The van der Waals surface area contributed by atoms with E-state index in [2.05, 4.69) is 19.2 Å². The van der Waals surface area contributed by atoms with Crippen LogP contribution >= 0.6 is 0 Å². The summed E-state index contributed by atoms with van der Waals surface area (Å²) in [7, 11) is 0. The fraction of sp³-hybridized carbons (Fsp3) is 0.913. The van der Waals surface area contributed by atoms with E-state index in [-0.39, 0.29) is 18.5 Å². The zero-order chi connectivity index (χ0) is 38.0. The Labute approximate surface area is 323 Å². The zero-order valence-corrected chi connectivity index (χ0v) is 34.8. The van der Waals surface area contributed by atoms with Crippen LogP contribution in [0.25, 0.3) is 0 Å². The summed E-state index contributed by atoms with van der Waals surface area (Å²) in [5, 5.41) is 23.0. The number of hydrogen-bond acceptors (Lipinski definition) is 5. The first-order chi connectivity index (χ1) is 25.5. The van der Waals surface area contributed by atoms with Gasteiger partial charge in [0.15, 0.2) is 0 Å². The highest BCUT2D eigenvalue weighted by atomic mass is 16.5. The second-order valence-electron chi connectivity index (χ2n) is 15.7. The first-order valence-corrected chi connectivity index (χ1v) is 23.0. The van der Waals surface area contributed by atoms with E-state index in [9.17, 15) is 19.8 Å². The summed E-state index contributed by atoms with van der Waals surface area (Å²) in [6.45, 7) is 4.84. The summed E-state index contributed by atoms with van der Waals surface area (Å²) in [6, 6.07) is -0.642. The molecule has 1 amide bonds. The lowest BCUT2D eigenvalue weighted by molar-refractivity contribution is -0.143. The number of rotatable bonds is 42. The minimum absolute atomic E-state index is 0.0215. The predicted molar refractivity (Wildman–Crippen MR) is 223 cm³/mol. The molecule has 52 heavy (non-hydrogen) atoms. The normalized spacial score (nSPS) is 12.8. The van der Waals surface area contributed by atoms with Crippen LogP contribution in [0.5, 0.6) is 0 Å². The smallest absolute Gasteiger partial charge is 0.305 e. The molecule has 0 aliphatic rings. The molecule has 6 nitrogen and oxygen atoms in total. The Balaban J connectivity index is 3.53. The third-order valence-corrected chi connectivity index (χ3v) is 10.6. The van der Waals surface area contributed by atoms with Gasteiger partial charge < -0.3 is 20.3 Å². The first-order valence-electron chi connectivity index (χ1n) is 23.0. The van der Waals surface area contributed by atoms with E-state index in [0.717, 1.165) is 57.8 Å². The lowest BCUT2D eigenvalue weighted by Crippen LogP contribution is -2.45. The molecule has 0 saturated heterocycles. The highest BCUT2D eigenvalue weighted by Crippen LogP contribution is 2.15. The molecule has 0 aliphatic heterocycles. The molecule has 0 aromatic carbocycles. The monoisotopic (exact) mass is 736 g/mol. The van der Waals surface area contributed by atoms with E-state index in [1.807, 2.05) is 6.08 Å². The van der Waals surface area contributed by atoms with Crippen molar-refractivity contribution in [1.29, 1.82) is 0 Å². The summed E-state index contributed by atoms with van der Waals surface area (Å²) in [6.07, 6.45) is 46.2. The van der Waals surface area contributed by atoms with E-state index in [1.54, 1.807) is 6.08 Å². The van der Waals surface area contributed by atoms with Gasteiger partial charge in [0.05, 0.1) is 25.4 Å². The summed E-state index contributed by atoms with van der Waals surface area (Å²) >= 11 is 0. The van der Waals surface area contributed by atoms with E-state index < -0.39 is 12.1 Å². The summed E-state index contributed by atoms with van der Waals surface area (Å²) in [5.41, 5.74) is 0. The molecule has 0 radical (unpaired) electrons. The maximum atomic E-state index is 12.4. The molecule has 0 aromatic heterocycles. The van der Waals surface area contributed by atoms with Gasteiger partial charge in [-0.25, -0.2) is 0 Å². The Morgan fingerprint density at radius 3 is 1.31 bits per heavy atom. The van der Waals surface area contributed by atoms with Gasteiger partial charge in [-0.15, -0.1) is 0 Å². The van der Waals surface area contributed by atoms with Crippen LogP contribution in [0.15, 0.2) is 12.2 Å². The van der Waals surface area contributed by atoms with Crippen LogP contribution in [0.3, 0.4) is 0 Å². The molecular formula is C46H89NO5. The van der Waals surface area contributed by atoms with E-state index in [4.69, 9.17) is 4.74 Å². The first kappa shape index (κ1) is 50.6. The maximum absolute atomic E-state index is 12.4. The Kier molecular flexibility index (Phi) is 41.2. The van der Waals surface area contributed by atoms with Crippen molar-refractivity contribution >= 4 is 11.9 Å². The van der Waals surface area contributed by atoms with Crippen LogP contribution in [-0.2, 0) is 14.3 Å². The van der Waals surface area contributed by atoms with Crippen molar-refractivity contribution in [3.63, 3.8) is 0 Å². The molecule has 0 fully saturated rings.